The van der Waals surface area contributed by atoms with E-state index >= 15 is 0 Å². The molecule has 0 bridgehead atoms. The van der Waals surface area contributed by atoms with Crippen molar-refractivity contribution in [2.24, 2.45) is 5.73 Å². The van der Waals surface area contributed by atoms with Gasteiger partial charge in [0.1, 0.15) is 16.6 Å². The molecule has 4 aromatic rings. The van der Waals surface area contributed by atoms with Crippen LogP contribution in [-0.4, -0.2) is 40.9 Å². The van der Waals surface area contributed by atoms with Crippen molar-refractivity contribution in [2.75, 3.05) is 18.1 Å². The second kappa shape index (κ2) is 11.7. The molecule has 1 aromatic heterocycles. The minimum absolute atomic E-state index is 0.00810. The maximum atomic E-state index is 13.1. The van der Waals surface area contributed by atoms with E-state index in [9.17, 15) is 9.59 Å². The summed E-state index contributed by atoms with van der Waals surface area (Å²) in [6.07, 6.45) is -0.580. The van der Waals surface area contributed by atoms with Crippen LogP contribution < -0.4 is 15.4 Å². The lowest BCUT2D eigenvalue weighted by Crippen LogP contribution is -2.35. The quantitative estimate of drug-likeness (QED) is 0.0986. The van der Waals surface area contributed by atoms with Crippen LogP contribution in [0.3, 0.4) is 0 Å². The molecule has 1 heterocycles. The van der Waals surface area contributed by atoms with Crippen molar-refractivity contribution in [1.29, 1.82) is 5.41 Å². The molecule has 0 aliphatic carbocycles. The highest BCUT2D eigenvalue weighted by atomic mass is 32.1. The minimum atomic E-state index is -0.619. The van der Waals surface area contributed by atoms with E-state index < -0.39 is 6.09 Å². The van der Waals surface area contributed by atoms with Crippen LogP contribution in [0.2, 0.25) is 0 Å². The van der Waals surface area contributed by atoms with Gasteiger partial charge < -0.3 is 15.2 Å². The summed E-state index contributed by atoms with van der Waals surface area (Å²) in [6, 6.07) is 21.3. The van der Waals surface area contributed by atoms with Gasteiger partial charge in [-0.15, -0.1) is 11.3 Å². The molecule has 0 radical (unpaired) electrons. The van der Waals surface area contributed by atoms with E-state index in [1.807, 2.05) is 24.3 Å². The van der Waals surface area contributed by atoms with Gasteiger partial charge >= 0.3 is 12.1 Å². The molecule has 8 nitrogen and oxygen atoms in total. The summed E-state index contributed by atoms with van der Waals surface area (Å²) >= 11 is 7.07. The van der Waals surface area contributed by atoms with Crippen LogP contribution in [0.1, 0.15) is 29.5 Å². The Morgan fingerprint density at radius 3 is 2.43 bits per heavy atom. The number of aromatic nitrogens is 1. The number of hydrogen-bond donors (Lipinski definition) is 2. The van der Waals surface area contributed by atoms with Gasteiger partial charge in [-0.25, -0.2) is 9.78 Å². The van der Waals surface area contributed by atoms with Crippen molar-refractivity contribution in [1.82, 2.24) is 4.98 Å². The number of nitrogens with one attached hydrogen (secondary N) is 1. The number of nitrogens with zero attached hydrogens (tertiary/aromatic N) is 2. The summed E-state index contributed by atoms with van der Waals surface area (Å²) in [5, 5.41) is 8.19. The molecule has 0 atom stereocenters. The number of thiazole rings is 1. The number of esters is 1. The van der Waals surface area contributed by atoms with Crippen LogP contribution >= 0.6 is 23.6 Å². The van der Waals surface area contributed by atoms with E-state index in [4.69, 9.17) is 32.8 Å². The van der Waals surface area contributed by atoms with Gasteiger partial charge in [-0.3, -0.25) is 15.1 Å². The van der Waals surface area contributed by atoms with Crippen molar-refractivity contribution in [3.05, 3.63) is 88.9 Å². The Morgan fingerprint density at radius 2 is 1.76 bits per heavy atom. The maximum absolute atomic E-state index is 13.1. The number of amides is 1. The second-order valence-electron chi connectivity index (χ2n) is 7.88. The maximum Gasteiger partial charge on any atom is 0.419 e. The van der Waals surface area contributed by atoms with E-state index in [1.54, 1.807) is 55.5 Å². The molecule has 4 rings (SSSR count). The Hall–Kier alpha value is -4.15. The number of amidine groups is 1. The number of fused-ring (bicyclic) bond motifs is 1. The lowest BCUT2D eigenvalue weighted by molar-refractivity contribution is -0.142. The van der Waals surface area contributed by atoms with Crippen molar-refractivity contribution >= 4 is 62.2 Å². The molecule has 0 aliphatic rings. The average molecular weight is 533 g/mol. The smallest absolute Gasteiger partial charge is 0.419 e. The van der Waals surface area contributed by atoms with Gasteiger partial charge in [0.25, 0.3) is 0 Å². The van der Waals surface area contributed by atoms with Crippen LogP contribution in [0.4, 0.5) is 10.5 Å². The molecule has 0 spiro atoms. The van der Waals surface area contributed by atoms with Gasteiger partial charge in [-0.05, 0) is 36.8 Å². The number of anilines is 1. The van der Waals surface area contributed by atoms with Crippen LogP contribution in [-0.2, 0) is 9.53 Å². The van der Waals surface area contributed by atoms with E-state index in [1.165, 1.54) is 16.2 Å². The van der Waals surface area contributed by atoms with Gasteiger partial charge in [0.05, 0.1) is 28.1 Å². The molecule has 0 saturated carbocycles. The van der Waals surface area contributed by atoms with Crippen LogP contribution in [0.5, 0.6) is 5.75 Å². The predicted molar refractivity (Wildman–Crippen MR) is 149 cm³/mol. The number of nitrogens with two attached hydrogens (primary N) is 1. The third kappa shape index (κ3) is 6.35. The molecule has 0 saturated heterocycles. The fraction of sp³-hybridized carbons (Fsp3) is 0.148. The van der Waals surface area contributed by atoms with Gasteiger partial charge in [0.15, 0.2) is 0 Å². The Bertz CT molecular complexity index is 1450. The number of para-hydroxylation sites is 1. The summed E-state index contributed by atoms with van der Waals surface area (Å²) in [6.45, 7) is 2.12. The molecular formula is C27H24N4O4S2. The fourth-order valence-corrected chi connectivity index (χ4v) is 4.73. The van der Waals surface area contributed by atoms with E-state index in [2.05, 4.69) is 4.98 Å². The van der Waals surface area contributed by atoms with E-state index in [0.29, 0.717) is 32.4 Å². The molecule has 188 valence electrons. The lowest BCUT2D eigenvalue weighted by Gasteiger charge is -2.21. The summed E-state index contributed by atoms with van der Waals surface area (Å²) in [5.74, 6) is -0.0750. The first-order chi connectivity index (χ1) is 17.9. The van der Waals surface area contributed by atoms with Crippen LogP contribution in [0.25, 0.3) is 10.2 Å². The molecular weight excluding hydrogens is 508 g/mol. The first kappa shape index (κ1) is 25.9. The zero-order chi connectivity index (χ0) is 26.4. The summed E-state index contributed by atoms with van der Waals surface area (Å²) in [4.78, 5) is 31.6. The minimum Gasteiger partial charge on any atom is -0.466 e. The number of ether oxygens (including phenoxy) is 2. The molecule has 0 unspecified atom stereocenters. The highest BCUT2D eigenvalue weighted by molar-refractivity contribution is 7.81. The monoisotopic (exact) mass is 532 g/mol. The first-order valence-electron chi connectivity index (χ1n) is 11.5. The van der Waals surface area contributed by atoms with E-state index in [-0.39, 0.29) is 31.4 Å². The molecule has 1 amide bonds. The predicted octanol–water partition coefficient (Wildman–Crippen LogP) is 5.31. The SMILES string of the molecule is CCOC(=O)CCN(C(=O)Oc1ccc2sc(C(=S)c3ccc(C(=N)N)cc3)nc2c1)c1ccccc1. The Kier molecular flexibility index (Phi) is 8.22. The number of hydrogen-bond acceptors (Lipinski definition) is 8. The van der Waals surface area contributed by atoms with Gasteiger partial charge in [-0.1, -0.05) is 54.7 Å². The molecule has 0 fully saturated rings. The molecule has 3 aromatic carbocycles. The average Bonchev–Trinajstić information content (AvgIpc) is 3.33. The number of rotatable bonds is 9. The first-order valence-corrected chi connectivity index (χ1v) is 12.7. The van der Waals surface area contributed by atoms with Crippen molar-refractivity contribution in [2.45, 2.75) is 13.3 Å². The van der Waals surface area contributed by atoms with Gasteiger partial charge in [0.2, 0.25) is 0 Å². The third-order valence-corrected chi connectivity index (χ3v) is 6.96. The summed E-state index contributed by atoms with van der Waals surface area (Å²) in [5.41, 5.74) is 8.19. The topological polar surface area (TPSA) is 119 Å². The number of nitrogen functional groups attached to an aromatic ring is 1. The largest absolute Gasteiger partial charge is 0.466 e. The van der Waals surface area contributed by atoms with Crippen LogP contribution in [0.15, 0.2) is 72.8 Å². The molecule has 3 N–H and O–H groups in total. The van der Waals surface area contributed by atoms with Crippen molar-refractivity contribution in [3.8, 4) is 5.75 Å². The Labute approximate surface area is 223 Å². The summed E-state index contributed by atoms with van der Waals surface area (Å²) in [7, 11) is 0. The third-order valence-electron chi connectivity index (χ3n) is 5.35. The Balaban J connectivity index is 1.52. The molecule has 10 heteroatoms. The standard InChI is InChI=1S/C27H24N4O4S2/c1-2-34-23(32)14-15-31(19-6-4-3-5-7-19)27(33)35-20-12-13-22-21(16-20)30-26(37-22)24(36)17-8-10-18(11-9-17)25(28)29/h3-13,16H,2,14-15H2,1H3,(H3,28,29). The zero-order valence-electron chi connectivity index (χ0n) is 20.0. The lowest BCUT2D eigenvalue weighted by atomic mass is 10.1. The fourth-order valence-electron chi connectivity index (χ4n) is 3.52. The number of carbonyl (C=O) groups is 2. The van der Waals surface area contributed by atoms with Crippen LogP contribution in [0, 0.1) is 5.41 Å². The normalized spacial score (nSPS) is 10.6. The van der Waals surface area contributed by atoms with E-state index in [0.717, 1.165) is 10.3 Å². The van der Waals surface area contributed by atoms with Gasteiger partial charge in [0, 0.05) is 23.9 Å². The Morgan fingerprint density at radius 1 is 1.05 bits per heavy atom. The molecule has 37 heavy (non-hydrogen) atoms. The number of carbonyl (C=O) groups excluding carboxylic acids is 2. The summed E-state index contributed by atoms with van der Waals surface area (Å²) < 4.78 is 11.5. The highest BCUT2D eigenvalue weighted by Crippen LogP contribution is 2.28. The van der Waals surface area contributed by atoms with Gasteiger partial charge in [-0.2, -0.15) is 0 Å². The zero-order valence-corrected chi connectivity index (χ0v) is 21.6. The number of thiocarbonyl (C=S) groups is 1. The second-order valence-corrected chi connectivity index (χ2v) is 9.32. The number of benzene rings is 3. The molecule has 0 aliphatic heterocycles. The van der Waals surface area contributed by atoms with Crippen molar-refractivity contribution in [3.63, 3.8) is 0 Å². The van der Waals surface area contributed by atoms with Crippen molar-refractivity contribution < 1.29 is 19.1 Å². The highest BCUT2D eigenvalue weighted by Gasteiger charge is 2.20.